The van der Waals surface area contributed by atoms with Crippen molar-refractivity contribution in [2.75, 3.05) is 0 Å². The summed E-state index contributed by atoms with van der Waals surface area (Å²) in [5, 5.41) is 1.92. The van der Waals surface area contributed by atoms with Crippen molar-refractivity contribution in [2.24, 2.45) is 0 Å². The molecule has 5 heteroatoms. The minimum absolute atomic E-state index is 0.159. The molecular weight excluding hydrogens is 601 g/mol. The van der Waals surface area contributed by atoms with E-state index in [0.29, 0.717) is 0 Å². The largest absolute Gasteiger partial charge is 0.283 e. The molecule has 0 bridgehead atoms. The van der Waals surface area contributed by atoms with Gasteiger partial charge < -0.3 is 0 Å². The average molecular weight is 642 g/mol. The van der Waals surface area contributed by atoms with E-state index in [0.717, 1.165) is 52.6 Å². The lowest BCUT2D eigenvalue weighted by atomic mass is 9.78. The Hall–Kier alpha value is -3.64. The van der Waals surface area contributed by atoms with Crippen LogP contribution in [0.2, 0.25) is 13.0 Å². The molecule has 3 heterocycles. The zero-order valence-electron chi connectivity index (χ0n) is 29.5. The van der Waals surface area contributed by atoms with E-state index in [2.05, 4.69) is 143 Å². The Bertz CT molecular complexity index is 2410. The van der Waals surface area contributed by atoms with Gasteiger partial charge in [0, 0.05) is 24.9 Å². The van der Waals surface area contributed by atoms with Crippen molar-refractivity contribution in [3.63, 3.8) is 0 Å². The Morgan fingerprint density at radius 3 is 2.36 bits per heavy atom. The molecule has 1 aliphatic heterocycles. The highest BCUT2D eigenvalue weighted by Gasteiger charge is 2.38. The first kappa shape index (κ1) is 25.5. The third-order valence-electron chi connectivity index (χ3n) is 9.65. The van der Waals surface area contributed by atoms with Crippen LogP contribution in [0.4, 0.5) is 0 Å². The van der Waals surface area contributed by atoms with Gasteiger partial charge in [0.1, 0.15) is 8.07 Å². The molecule has 0 fully saturated rings. The Kier molecular flexibility index (Phi) is 5.63. The van der Waals surface area contributed by atoms with Crippen LogP contribution in [0.3, 0.4) is 0 Å². The summed E-state index contributed by atoms with van der Waals surface area (Å²) in [4.78, 5) is 8.25. The van der Waals surface area contributed by atoms with Crippen LogP contribution in [0.15, 0.2) is 113 Å². The van der Waals surface area contributed by atoms with E-state index in [1.54, 1.807) is 23.1 Å². The minimum Gasteiger partial charge on any atom is -0.283 e. The van der Waals surface area contributed by atoms with E-state index >= 15 is 0 Å². The first-order chi connectivity index (χ1) is 22.7. The van der Waals surface area contributed by atoms with Crippen molar-refractivity contribution in [2.45, 2.75) is 68.3 Å². The molecule has 0 radical (unpaired) electrons. The van der Waals surface area contributed by atoms with Gasteiger partial charge in [0.15, 0.2) is 4.96 Å². The second-order valence-electron chi connectivity index (χ2n) is 14.0. The molecule has 0 saturated heterocycles. The molecule has 0 saturated carbocycles. The number of rotatable bonds is 3. The summed E-state index contributed by atoms with van der Waals surface area (Å²) >= 11 is 3.44. The van der Waals surface area contributed by atoms with Crippen molar-refractivity contribution in [3.05, 3.63) is 120 Å². The standard InChI is InChI=1S/C40H38N2S2Si/c1-39(2,3)28-23-22-25(45(6,7)35-21-13-16-30-37(35)43-34-20-11-8-15-29(34)40(30,4)5)24-27(28)26-14-12-19-33-36(26)44-38-41-31-17-9-10-18-32(31)42(33)38/h8-24H,1-7H3/i6D3. The van der Waals surface area contributed by atoms with Crippen molar-refractivity contribution in [1.82, 2.24) is 9.38 Å². The number of thiazole rings is 1. The van der Waals surface area contributed by atoms with E-state index < -0.39 is 14.5 Å². The fourth-order valence-corrected chi connectivity index (χ4v) is 12.7. The molecule has 0 spiro atoms. The Morgan fingerprint density at radius 2 is 1.53 bits per heavy atom. The van der Waals surface area contributed by atoms with Gasteiger partial charge in [-0.2, -0.15) is 0 Å². The lowest BCUT2D eigenvalue weighted by molar-refractivity contribution is 0.592. The molecular formula is C40H38N2S2Si. The van der Waals surface area contributed by atoms with E-state index in [1.165, 1.54) is 21.6 Å². The van der Waals surface area contributed by atoms with Gasteiger partial charge in [0.05, 0.1) is 21.3 Å². The molecule has 7 aromatic rings. The summed E-state index contributed by atoms with van der Waals surface area (Å²) in [7, 11) is -3.37. The molecule has 224 valence electrons. The summed E-state index contributed by atoms with van der Waals surface area (Å²) in [6.45, 7) is 11.1. The molecule has 2 aromatic heterocycles. The van der Waals surface area contributed by atoms with Gasteiger partial charge in [-0.15, -0.1) is 0 Å². The zero-order valence-corrected chi connectivity index (χ0v) is 29.2. The van der Waals surface area contributed by atoms with Crippen LogP contribution in [0, 0.1) is 0 Å². The number of nitrogens with zero attached hydrogens (tertiary/aromatic N) is 2. The van der Waals surface area contributed by atoms with Crippen molar-refractivity contribution >= 4 is 67.8 Å². The summed E-state index contributed by atoms with van der Waals surface area (Å²) in [5.41, 5.74) is 8.73. The molecule has 1 aliphatic rings. The van der Waals surface area contributed by atoms with Crippen molar-refractivity contribution in [3.8, 4) is 11.1 Å². The Labute approximate surface area is 279 Å². The van der Waals surface area contributed by atoms with Gasteiger partial charge in [-0.1, -0.05) is 155 Å². The van der Waals surface area contributed by atoms with Crippen LogP contribution < -0.4 is 10.4 Å². The molecule has 1 atom stereocenters. The van der Waals surface area contributed by atoms with Crippen molar-refractivity contribution in [1.29, 1.82) is 0 Å². The maximum Gasteiger partial charge on any atom is 0.195 e. The van der Waals surface area contributed by atoms with Crippen LogP contribution in [0.25, 0.3) is 37.3 Å². The van der Waals surface area contributed by atoms with E-state index in [1.807, 2.05) is 6.07 Å². The Morgan fingerprint density at radius 1 is 0.800 bits per heavy atom. The number of benzene rings is 5. The fraction of sp³-hybridized carbons (Fsp3) is 0.225. The third kappa shape index (κ3) is 4.31. The van der Waals surface area contributed by atoms with Gasteiger partial charge in [0.25, 0.3) is 0 Å². The van der Waals surface area contributed by atoms with Gasteiger partial charge in [0.2, 0.25) is 0 Å². The summed E-state index contributed by atoms with van der Waals surface area (Å²) in [5.74, 6) is 0. The minimum atomic E-state index is -3.37. The number of hydrogen-bond donors (Lipinski definition) is 0. The smallest absolute Gasteiger partial charge is 0.195 e. The second-order valence-corrected chi connectivity index (χ2v) is 19.4. The lowest BCUT2D eigenvalue weighted by Gasteiger charge is -2.38. The van der Waals surface area contributed by atoms with Gasteiger partial charge in [-0.3, -0.25) is 4.40 Å². The predicted molar refractivity (Wildman–Crippen MR) is 198 cm³/mol. The SMILES string of the molecule is [2H]C([2H])([2H])[Si](C)(c1ccc(C(C)(C)C)c(-c2cccc3c2sc2nc4ccccc4n23)c1)c1cccc2c1Sc1ccccc1C2(C)C. The third-order valence-corrected chi connectivity index (χ3v) is 15.1. The number of hydrogen-bond acceptors (Lipinski definition) is 3. The first-order valence-corrected chi connectivity index (χ1v) is 19.7. The van der Waals surface area contributed by atoms with E-state index in [4.69, 9.17) is 4.98 Å². The lowest BCUT2D eigenvalue weighted by Crippen LogP contribution is -2.54. The maximum atomic E-state index is 9.21. The van der Waals surface area contributed by atoms with Crippen LogP contribution in [0.5, 0.6) is 0 Å². The van der Waals surface area contributed by atoms with Gasteiger partial charge >= 0.3 is 0 Å². The summed E-state index contributed by atoms with van der Waals surface area (Å²) in [6.07, 6.45) is 0. The highest BCUT2D eigenvalue weighted by Crippen LogP contribution is 2.49. The van der Waals surface area contributed by atoms with Crippen LogP contribution in [-0.2, 0) is 10.8 Å². The predicted octanol–water partition coefficient (Wildman–Crippen LogP) is 10.3. The number of imidazole rings is 1. The van der Waals surface area contributed by atoms with Crippen molar-refractivity contribution < 1.29 is 4.11 Å². The molecule has 5 aromatic carbocycles. The number of fused-ring (bicyclic) bond motifs is 7. The van der Waals surface area contributed by atoms with Crippen LogP contribution >= 0.6 is 23.1 Å². The van der Waals surface area contributed by atoms with E-state index in [-0.39, 0.29) is 10.8 Å². The van der Waals surface area contributed by atoms with Gasteiger partial charge in [-0.25, -0.2) is 4.98 Å². The number of para-hydroxylation sites is 2. The highest BCUT2D eigenvalue weighted by molar-refractivity contribution is 7.99. The zero-order chi connectivity index (χ0) is 33.8. The molecule has 0 aliphatic carbocycles. The molecule has 2 nitrogen and oxygen atoms in total. The number of aromatic nitrogens is 2. The highest BCUT2D eigenvalue weighted by atomic mass is 32.2. The van der Waals surface area contributed by atoms with Crippen LogP contribution in [0.1, 0.15) is 55.4 Å². The van der Waals surface area contributed by atoms with Crippen LogP contribution in [-0.4, -0.2) is 17.5 Å². The van der Waals surface area contributed by atoms with E-state index in [9.17, 15) is 4.11 Å². The topological polar surface area (TPSA) is 17.3 Å². The monoisotopic (exact) mass is 641 g/mol. The average Bonchev–Trinajstić information content (AvgIpc) is 3.59. The fourth-order valence-electron chi connectivity index (χ4n) is 7.16. The summed E-state index contributed by atoms with van der Waals surface area (Å²) in [6, 6.07) is 36.3. The maximum absolute atomic E-state index is 9.21. The second kappa shape index (κ2) is 9.93. The Balaban J connectivity index is 1.39. The molecule has 1 unspecified atom stereocenters. The van der Waals surface area contributed by atoms with Gasteiger partial charge in [-0.05, 0) is 57.1 Å². The molecule has 45 heavy (non-hydrogen) atoms. The molecule has 0 amide bonds. The molecule has 8 rings (SSSR count). The summed E-state index contributed by atoms with van der Waals surface area (Å²) < 4.78 is 31.1. The first-order valence-electron chi connectivity index (χ1n) is 17.1. The normalized spacial score (nSPS) is 17.0. The molecule has 0 N–H and O–H groups in total. The quantitative estimate of drug-likeness (QED) is 0.179.